The van der Waals surface area contributed by atoms with Gasteiger partial charge in [-0.2, -0.15) is 0 Å². The number of nitrogens with one attached hydrogen (secondary N) is 1. The lowest BCUT2D eigenvalue weighted by atomic mass is 10.1. The molecule has 0 spiro atoms. The van der Waals surface area contributed by atoms with Crippen LogP contribution in [0.15, 0.2) is 96.7 Å². The van der Waals surface area contributed by atoms with Gasteiger partial charge in [-0.3, -0.25) is 14.9 Å². The minimum Gasteiger partial charge on any atom is -0.342 e. The average molecular weight is 421 g/mol. The molecule has 4 aromatic rings. The summed E-state index contributed by atoms with van der Waals surface area (Å²) in [6.07, 6.45) is 3.48. The van der Waals surface area contributed by atoms with Gasteiger partial charge in [0.2, 0.25) is 0 Å². The number of barbiturate groups is 1. The van der Waals surface area contributed by atoms with Crippen LogP contribution in [0.25, 0.3) is 17.0 Å². The summed E-state index contributed by atoms with van der Waals surface area (Å²) in [6.45, 7) is 0.652. The molecule has 1 aliphatic heterocycles. The zero-order valence-corrected chi connectivity index (χ0v) is 17.1. The molecule has 32 heavy (non-hydrogen) atoms. The smallest absolute Gasteiger partial charge is 0.335 e. The number of hydrogen-bond acceptors (Lipinski definition) is 3. The molecule has 1 aliphatic rings. The summed E-state index contributed by atoms with van der Waals surface area (Å²) in [5.41, 5.74) is 3.18. The summed E-state index contributed by atoms with van der Waals surface area (Å²) < 4.78 is 2.09. The van der Waals surface area contributed by atoms with Crippen molar-refractivity contribution in [2.45, 2.75) is 6.54 Å². The number of fused-ring (bicyclic) bond motifs is 1. The Bertz CT molecular complexity index is 1370. The van der Waals surface area contributed by atoms with Crippen LogP contribution >= 0.6 is 0 Å². The fourth-order valence-electron chi connectivity index (χ4n) is 3.93. The van der Waals surface area contributed by atoms with E-state index in [-0.39, 0.29) is 5.57 Å². The highest BCUT2D eigenvalue weighted by molar-refractivity contribution is 6.39. The van der Waals surface area contributed by atoms with Gasteiger partial charge in [-0.25, -0.2) is 9.69 Å². The third-order valence-corrected chi connectivity index (χ3v) is 5.43. The SMILES string of the molecule is O=C1NC(=O)N(c2ccccc2)C(=O)C1=Cc1cn(Cc2ccccc2)c2ccccc12. The highest BCUT2D eigenvalue weighted by Crippen LogP contribution is 2.27. The first kappa shape index (κ1) is 19.5. The molecule has 0 aliphatic carbocycles. The molecule has 6 heteroatoms. The number of hydrogen-bond donors (Lipinski definition) is 1. The Morgan fingerprint density at radius 2 is 1.44 bits per heavy atom. The minimum absolute atomic E-state index is 0.0870. The van der Waals surface area contributed by atoms with Crippen molar-refractivity contribution < 1.29 is 14.4 Å². The maximum Gasteiger partial charge on any atom is 0.335 e. The lowest BCUT2D eigenvalue weighted by Crippen LogP contribution is -2.54. The topological polar surface area (TPSA) is 71.4 Å². The van der Waals surface area contributed by atoms with Gasteiger partial charge < -0.3 is 4.57 Å². The summed E-state index contributed by atoms with van der Waals surface area (Å²) in [7, 11) is 0. The van der Waals surface area contributed by atoms with E-state index in [0.717, 1.165) is 26.9 Å². The Morgan fingerprint density at radius 3 is 2.19 bits per heavy atom. The molecule has 2 heterocycles. The van der Waals surface area contributed by atoms with Crippen LogP contribution in [0.5, 0.6) is 0 Å². The maximum absolute atomic E-state index is 13.2. The Morgan fingerprint density at radius 1 is 0.781 bits per heavy atom. The molecule has 0 atom stereocenters. The molecular formula is C26H19N3O3. The van der Waals surface area contributed by atoms with Crippen molar-refractivity contribution >= 4 is 40.5 Å². The molecule has 1 fully saturated rings. The Kier molecular flexibility index (Phi) is 4.88. The Hall–Kier alpha value is -4.45. The van der Waals surface area contributed by atoms with E-state index in [2.05, 4.69) is 9.88 Å². The first-order chi connectivity index (χ1) is 15.6. The second kappa shape index (κ2) is 8.00. The molecule has 1 N–H and O–H groups in total. The minimum atomic E-state index is -0.755. The zero-order chi connectivity index (χ0) is 22.1. The van der Waals surface area contributed by atoms with Crippen molar-refractivity contribution in [2.24, 2.45) is 0 Å². The molecule has 0 unspecified atom stereocenters. The molecule has 1 aromatic heterocycles. The standard InChI is InChI=1S/C26H19N3O3/c30-24-22(25(31)29(26(32)27-24)20-11-5-2-6-12-20)15-19-17-28(16-18-9-3-1-4-10-18)23-14-8-7-13-21(19)23/h1-15,17H,16H2,(H,27,30,32). The molecule has 6 nitrogen and oxygen atoms in total. The molecule has 5 rings (SSSR count). The lowest BCUT2D eigenvalue weighted by Gasteiger charge is -2.26. The number of aromatic nitrogens is 1. The normalized spacial score (nSPS) is 15.4. The molecule has 1 saturated heterocycles. The van der Waals surface area contributed by atoms with Crippen molar-refractivity contribution in [3.8, 4) is 0 Å². The molecule has 0 bridgehead atoms. The zero-order valence-electron chi connectivity index (χ0n) is 17.1. The third kappa shape index (κ3) is 3.48. The summed E-state index contributed by atoms with van der Waals surface area (Å²) >= 11 is 0. The summed E-state index contributed by atoms with van der Waals surface area (Å²) in [4.78, 5) is 39.1. The van der Waals surface area contributed by atoms with Crippen LogP contribution < -0.4 is 10.2 Å². The number of rotatable bonds is 4. The van der Waals surface area contributed by atoms with Gasteiger partial charge in [0.15, 0.2) is 0 Å². The predicted molar refractivity (Wildman–Crippen MR) is 123 cm³/mol. The number of anilines is 1. The van der Waals surface area contributed by atoms with Gasteiger partial charge in [0, 0.05) is 29.2 Å². The van der Waals surface area contributed by atoms with Crippen molar-refractivity contribution in [1.29, 1.82) is 0 Å². The third-order valence-electron chi connectivity index (χ3n) is 5.43. The second-order valence-electron chi connectivity index (χ2n) is 7.51. The molecule has 4 amide bonds. The van der Waals surface area contributed by atoms with Crippen LogP contribution in [-0.2, 0) is 16.1 Å². The maximum atomic E-state index is 13.2. The van der Waals surface area contributed by atoms with Gasteiger partial charge in [0.05, 0.1) is 5.69 Å². The number of carbonyl (C=O) groups is 3. The molecule has 156 valence electrons. The van der Waals surface area contributed by atoms with Crippen LogP contribution in [0.1, 0.15) is 11.1 Å². The van der Waals surface area contributed by atoms with Crippen LogP contribution in [-0.4, -0.2) is 22.4 Å². The quantitative estimate of drug-likeness (QED) is 0.393. The average Bonchev–Trinajstić information content (AvgIpc) is 3.15. The second-order valence-corrected chi connectivity index (χ2v) is 7.51. The first-order valence-corrected chi connectivity index (χ1v) is 10.2. The lowest BCUT2D eigenvalue weighted by molar-refractivity contribution is -0.122. The van der Waals surface area contributed by atoms with Gasteiger partial charge in [0.1, 0.15) is 5.57 Å². The fourth-order valence-corrected chi connectivity index (χ4v) is 3.93. The summed E-state index contributed by atoms with van der Waals surface area (Å²) in [6, 6.07) is 25.7. The van der Waals surface area contributed by atoms with E-state index in [4.69, 9.17) is 0 Å². The van der Waals surface area contributed by atoms with Crippen LogP contribution in [0.3, 0.4) is 0 Å². The van der Waals surface area contributed by atoms with E-state index in [1.54, 1.807) is 36.4 Å². The van der Waals surface area contributed by atoms with Crippen molar-refractivity contribution in [1.82, 2.24) is 9.88 Å². The van der Waals surface area contributed by atoms with E-state index in [1.807, 2.05) is 60.8 Å². The van der Waals surface area contributed by atoms with Crippen molar-refractivity contribution in [3.63, 3.8) is 0 Å². The number of amides is 4. The van der Waals surface area contributed by atoms with E-state index in [1.165, 1.54) is 0 Å². The number of carbonyl (C=O) groups excluding carboxylic acids is 3. The van der Waals surface area contributed by atoms with Gasteiger partial charge >= 0.3 is 6.03 Å². The van der Waals surface area contributed by atoms with E-state index in [9.17, 15) is 14.4 Å². The van der Waals surface area contributed by atoms with Crippen molar-refractivity contribution in [2.75, 3.05) is 4.90 Å². The number of imide groups is 2. The number of urea groups is 1. The van der Waals surface area contributed by atoms with Gasteiger partial charge in [-0.05, 0) is 29.8 Å². The predicted octanol–water partition coefficient (Wildman–Crippen LogP) is 4.36. The Labute approximate surface area is 184 Å². The van der Waals surface area contributed by atoms with E-state index < -0.39 is 17.8 Å². The van der Waals surface area contributed by atoms with Crippen LogP contribution in [0.2, 0.25) is 0 Å². The van der Waals surface area contributed by atoms with Crippen LogP contribution in [0.4, 0.5) is 10.5 Å². The van der Waals surface area contributed by atoms with E-state index in [0.29, 0.717) is 12.2 Å². The Balaban J connectivity index is 1.58. The highest BCUT2D eigenvalue weighted by atomic mass is 16.2. The van der Waals surface area contributed by atoms with E-state index >= 15 is 0 Å². The van der Waals surface area contributed by atoms with Gasteiger partial charge in [-0.15, -0.1) is 0 Å². The highest BCUT2D eigenvalue weighted by Gasteiger charge is 2.36. The van der Waals surface area contributed by atoms with Gasteiger partial charge in [-0.1, -0.05) is 66.7 Å². The fraction of sp³-hybridized carbons (Fsp3) is 0.0385. The summed E-state index contributed by atoms with van der Waals surface area (Å²) in [5, 5.41) is 3.19. The summed E-state index contributed by atoms with van der Waals surface area (Å²) in [5.74, 6) is -1.35. The molecule has 0 radical (unpaired) electrons. The largest absolute Gasteiger partial charge is 0.342 e. The first-order valence-electron chi connectivity index (χ1n) is 10.2. The molecule has 0 saturated carbocycles. The van der Waals surface area contributed by atoms with Crippen molar-refractivity contribution in [3.05, 3.63) is 108 Å². The van der Waals surface area contributed by atoms with Crippen LogP contribution in [0, 0.1) is 0 Å². The van der Waals surface area contributed by atoms with Gasteiger partial charge in [0.25, 0.3) is 11.8 Å². The number of para-hydroxylation sites is 2. The monoisotopic (exact) mass is 421 g/mol. The molecule has 3 aromatic carbocycles. The number of benzene rings is 3. The molecular weight excluding hydrogens is 402 g/mol. The number of nitrogens with zero attached hydrogens (tertiary/aromatic N) is 2.